The first-order valence-corrected chi connectivity index (χ1v) is 9.40. The number of ether oxygens (including phenoxy) is 1. The topological polar surface area (TPSA) is 75.8 Å². The molecule has 0 amide bonds. The number of hydrogen-bond acceptors (Lipinski definition) is 4. The Hall–Kier alpha value is -2.97. The largest absolute Gasteiger partial charge is 0.573 e. The van der Waals surface area contributed by atoms with Crippen LogP contribution in [0.3, 0.4) is 0 Å². The first kappa shape index (κ1) is 20.8. The third-order valence-electron chi connectivity index (χ3n) is 4.55. The van der Waals surface area contributed by atoms with Gasteiger partial charge in [0.25, 0.3) is 0 Å². The van der Waals surface area contributed by atoms with Gasteiger partial charge in [0.1, 0.15) is 11.6 Å². The van der Waals surface area contributed by atoms with Gasteiger partial charge in [0.15, 0.2) is 5.96 Å². The van der Waals surface area contributed by atoms with E-state index in [0.717, 1.165) is 35.7 Å². The van der Waals surface area contributed by atoms with E-state index in [-0.39, 0.29) is 18.3 Å². The zero-order valence-corrected chi connectivity index (χ0v) is 16.2. The third-order valence-corrected chi connectivity index (χ3v) is 4.55. The Balaban J connectivity index is 1.57. The molecule has 9 heteroatoms. The normalized spacial score (nSPS) is 14.9. The second-order valence-electron chi connectivity index (χ2n) is 6.88. The first-order chi connectivity index (χ1) is 13.8. The summed E-state index contributed by atoms with van der Waals surface area (Å²) < 4.78 is 40.4. The molecule has 1 aliphatic rings. The van der Waals surface area contributed by atoms with Crippen LogP contribution in [-0.2, 0) is 13.1 Å². The highest BCUT2D eigenvalue weighted by molar-refractivity contribution is 5.78. The predicted octanol–water partition coefficient (Wildman–Crippen LogP) is 3.49. The molecule has 2 aromatic rings. The summed E-state index contributed by atoms with van der Waals surface area (Å²) in [5.74, 6) is 0.967. The maximum atomic E-state index is 12.2. The van der Waals surface area contributed by atoms with Crippen LogP contribution >= 0.6 is 0 Å². The highest BCUT2D eigenvalue weighted by Crippen LogP contribution is 2.24. The number of halogens is 3. The Morgan fingerprint density at radius 2 is 1.86 bits per heavy atom. The number of benzene rings is 1. The van der Waals surface area contributed by atoms with Crippen LogP contribution < -0.4 is 20.7 Å². The Labute approximate surface area is 167 Å². The second-order valence-corrected chi connectivity index (χ2v) is 6.88. The molecule has 0 spiro atoms. The van der Waals surface area contributed by atoms with E-state index in [1.54, 1.807) is 0 Å². The van der Waals surface area contributed by atoms with Crippen LogP contribution in [0.5, 0.6) is 5.75 Å². The summed E-state index contributed by atoms with van der Waals surface area (Å²) in [6, 6.07) is 9.55. The van der Waals surface area contributed by atoms with Crippen molar-refractivity contribution in [2.45, 2.75) is 39.2 Å². The Kier molecular flexibility index (Phi) is 6.46. The molecular formula is C20H24F3N5O. The number of nitrogens with two attached hydrogens (primary N) is 1. The number of rotatable bonds is 6. The summed E-state index contributed by atoms with van der Waals surface area (Å²) in [5, 5.41) is 3.08. The van der Waals surface area contributed by atoms with Crippen molar-refractivity contribution >= 4 is 11.8 Å². The van der Waals surface area contributed by atoms with Crippen LogP contribution in [0.1, 0.15) is 29.7 Å². The van der Waals surface area contributed by atoms with Gasteiger partial charge >= 0.3 is 6.36 Å². The number of nitrogens with one attached hydrogen (secondary N) is 1. The van der Waals surface area contributed by atoms with E-state index in [0.29, 0.717) is 6.54 Å². The number of aromatic nitrogens is 1. The number of nitrogens with zero attached hydrogens (tertiary/aromatic N) is 3. The summed E-state index contributed by atoms with van der Waals surface area (Å²) in [6.07, 6.45) is -2.37. The van der Waals surface area contributed by atoms with E-state index in [4.69, 9.17) is 5.73 Å². The lowest BCUT2D eigenvalue weighted by molar-refractivity contribution is -0.274. The van der Waals surface area contributed by atoms with Crippen LogP contribution in [0, 0.1) is 6.92 Å². The molecule has 0 unspecified atom stereocenters. The highest BCUT2D eigenvalue weighted by Gasteiger charge is 2.30. The smallest absolute Gasteiger partial charge is 0.406 e. The molecule has 1 aliphatic heterocycles. The second kappa shape index (κ2) is 9.02. The molecule has 6 nitrogen and oxygen atoms in total. The number of alkyl halides is 3. The van der Waals surface area contributed by atoms with E-state index < -0.39 is 6.36 Å². The van der Waals surface area contributed by atoms with Crippen molar-refractivity contribution in [3.63, 3.8) is 0 Å². The van der Waals surface area contributed by atoms with Gasteiger partial charge in [0.2, 0.25) is 0 Å². The number of anilines is 1. The average molecular weight is 407 g/mol. The molecule has 1 aromatic carbocycles. The fourth-order valence-corrected chi connectivity index (χ4v) is 3.13. The molecule has 29 heavy (non-hydrogen) atoms. The van der Waals surface area contributed by atoms with Gasteiger partial charge in [-0.2, -0.15) is 0 Å². The van der Waals surface area contributed by atoms with Gasteiger partial charge in [-0.05, 0) is 43.5 Å². The van der Waals surface area contributed by atoms with Crippen molar-refractivity contribution in [3.8, 4) is 5.75 Å². The van der Waals surface area contributed by atoms with Crippen molar-refractivity contribution < 1.29 is 17.9 Å². The predicted molar refractivity (Wildman–Crippen MR) is 106 cm³/mol. The zero-order chi connectivity index (χ0) is 20.9. The maximum Gasteiger partial charge on any atom is 0.573 e. The van der Waals surface area contributed by atoms with Gasteiger partial charge in [-0.15, -0.1) is 13.2 Å². The van der Waals surface area contributed by atoms with Gasteiger partial charge in [-0.25, -0.2) is 9.98 Å². The van der Waals surface area contributed by atoms with E-state index in [2.05, 4.69) is 24.9 Å². The van der Waals surface area contributed by atoms with Gasteiger partial charge in [-0.3, -0.25) is 0 Å². The average Bonchev–Trinajstić information content (AvgIpc) is 3.20. The van der Waals surface area contributed by atoms with Crippen molar-refractivity contribution in [2.24, 2.45) is 10.7 Å². The van der Waals surface area contributed by atoms with Gasteiger partial charge in [-0.1, -0.05) is 18.2 Å². The van der Waals surface area contributed by atoms with E-state index in [1.807, 2.05) is 19.1 Å². The minimum absolute atomic E-state index is 0.246. The van der Waals surface area contributed by atoms with Crippen LogP contribution in [-0.4, -0.2) is 30.4 Å². The molecule has 0 atom stereocenters. The summed E-state index contributed by atoms with van der Waals surface area (Å²) >= 11 is 0. The Morgan fingerprint density at radius 3 is 2.52 bits per heavy atom. The molecule has 156 valence electrons. The molecule has 0 bridgehead atoms. The van der Waals surface area contributed by atoms with E-state index >= 15 is 0 Å². The SMILES string of the molecule is Cc1ccc(CNC(N)=NCc2ccc(OC(F)(F)F)cc2)c(N2CCCC2)n1. The third kappa shape index (κ3) is 6.27. The molecule has 3 N–H and O–H groups in total. The molecule has 1 aromatic heterocycles. The lowest BCUT2D eigenvalue weighted by Gasteiger charge is -2.21. The highest BCUT2D eigenvalue weighted by atomic mass is 19.4. The minimum atomic E-state index is -4.70. The van der Waals surface area contributed by atoms with E-state index in [9.17, 15) is 13.2 Å². The number of aliphatic imine (C=N–C) groups is 1. The zero-order valence-electron chi connectivity index (χ0n) is 16.2. The Bertz CT molecular complexity index is 846. The summed E-state index contributed by atoms with van der Waals surface area (Å²) in [5.41, 5.74) is 8.68. The fraction of sp³-hybridized carbons (Fsp3) is 0.400. The number of guanidine groups is 1. The number of pyridine rings is 1. The van der Waals surface area contributed by atoms with Gasteiger partial charge in [0, 0.05) is 30.9 Å². The maximum absolute atomic E-state index is 12.2. The molecule has 0 aliphatic carbocycles. The Morgan fingerprint density at radius 1 is 1.17 bits per heavy atom. The molecule has 1 fully saturated rings. The van der Waals surface area contributed by atoms with Crippen LogP contribution in [0.2, 0.25) is 0 Å². The van der Waals surface area contributed by atoms with Crippen molar-refractivity contribution in [1.82, 2.24) is 10.3 Å². The molecular weight excluding hydrogens is 383 g/mol. The number of hydrogen-bond donors (Lipinski definition) is 2. The minimum Gasteiger partial charge on any atom is -0.406 e. The lowest BCUT2D eigenvalue weighted by atomic mass is 10.2. The molecule has 0 saturated carbocycles. The van der Waals surface area contributed by atoms with Crippen LogP contribution in [0.4, 0.5) is 19.0 Å². The van der Waals surface area contributed by atoms with Crippen molar-refractivity contribution in [1.29, 1.82) is 0 Å². The summed E-state index contributed by atoms with van der Waals surface area (Å²) in [4.78, 5) is 11.2. The molecule has 1 saturated heterocycles. The standard InChI is InChI=1S/C20H24F3N5O/c1-14-4-7-16(18(27-14)28-10-2-3-11-28)13-26-19(24)25-12-15-5-8-17(9-6-15)29-20(21,22)23/h4-9H,2-3,10-13H2,1H3,(H3,24,25,26). The van der Waals surface area contributed by atoms with Gasteiger partial charge in [0.05, 0.1) is 6.54 Å². The van der Waals surface area contributed by atoms with Crippen LogP contribution in [0.15, 0.2) is 41.4 Å². The summed E-state index contributed by atoms with van der Waals surface area (Å²) in [7, 11) is 0. The molecule has 0 radical (unpaired) electrons. The van der Waals surface area contributed by atoms with E-state index in [1.165, 1.54) is 37.1 Å². The quantitative estimate of drug-likeness (QED) is 0.566. The molecule has 3 rings (SSSR count). The van der Waals surface area contributed by atoms with Crippen LogP contribution in [0.25, 0.3) is 0 Å². The number of aryl methyl sites for hydroxylation is 1. The monoisotopic (exact) mass is 407 g/mol. The lowest BCUT2D eigenvalue weighted by Crippen LogP contribution is -2.32. The van der Waals surface area contributed by atoms with Gasteiger partial charge < -0.3 is 20.7 Å². The molecule has 2 heterocycles. The first-order valence-electron chi connectivity index (χ1n) is 9.40. The summed E-state index contributed by atoms with van der Waals surface area (Å²) in [6.45, 7) is 4.71. The van der Waals surface area contributed by atoms with Crippen molar-refractivity contribution in [2.75, 3.05) is 18.0 Å². The fourth-order valence-electron chi connectivity index (χ4n) is 3.13. The van der Waals surface area contributed by atoms with Crippen molar-refractivity contribution in [3.05, 3.63) is 53.2 Å².